The zero-order valence-electron chi connectivity index (χ0n) is 10.9. The van der Waals surface area contributed by atoms with Gasteiger partial charge in [-0.1, -0.05) is 65.0 Å². The van der Waals surface area contributed by atoms with E-state index in [2.05, 4.69) is 26.7 Å². The molecule has 0 aliphatic carbocycles. The van der Waals surface area contributed by atoms with Crippen LogP contribution in [0.15, 0.2) is 53.7 Å². The first-order chi connectivity index (χ1) is 10.3. The minimum atomic E-state index is 0.782. The number of hydrogen-bond acceptors (Lipinski definition) is 4. The maximum Gasteiger partial charge on any atom is 0.217 e. The molecule has 0 fully saturated rings. The van der Waals surface area contributed by atoms with Gasteiger partial charge in [0.1, 0.15) is 0 Å². The average molecular weight is 332 g/mol. The molecule has 104 valence electrons. The van der Waals surface area contributed by atoms with Gasteiger partial charge in [0.2, 0.25) is 4.96 Å². The van der Waals surface area contributed by atoms with Crippen LogP contribution in [0.25, 0.3) is 15.2 Å². The Bertz CT molecular complexity index is 929. The van der Waals surface area contributed by atoms with E-state index in [0.717, 1.165) is 32.0 Å². The zero-order chi connectivity index (χ0) is 14.2. The van der Waals surface area contributed by atoms with E-state index in [0.29, 0.717) is 0 Å². The third-order valence-corrected chi connectivity index (χ3v) is 5.58. The van der Waals surface area contributed by atoms with Crippen LogP contribution in [0.5, 0.6) is 0 Å². The van der Waals surface area contributed by atoms with E-state index >= 15 is 0 Å². The second kappa shape index (κ2) is 5.33. The molecule has 4 aromatic rings. The number of aromatic nitrogens is 3. The van der Waals surface area contributed by atoms with Crippen LogP contribution in [-0.4, -0.2) is 14.6 Å². The highest BCUT2D eigenvalue weighted by molar-refractivity contribution is 7.98. The van der Waals surface area contributed by atoms with Gasteiger partial charge >= 0.3 is 0 Å². The normalized spacial score (nSPS) is 11.5. The summed E-state index contributed by atoms with van der Waals surface area (Å²) >= 11 is 9.51. The van der Waals surface area contributed by atoms with Gasteiger partial charge < -0.3 is 0 Å². The molecule has 6 heteroatoms. The van der Waals surface area contributed by atoms with Gasteiger partial charge in [-0.25, -0.2) is 0 Å². The van der Waals surface area contributed by atoms with Crippen molar-refractivity contribution in [1.82, 2.24) is 14.6 Å². The Balaban J connectivity index is 1.72. The van der Waals surface area contributed by atoms with E-state index < -0.39 is 0 Å². The molecule has 0 saturated heterocycles. The molecule has 0 radical (unpaired) electrons. The van der Waals surface area contributed by atoms with E-state index in [9.17, 15) is 0 Å². The summed E-state index contributed by atoms with van der Waals surface area (Å²) in [4.78, 5) is 0.929. The number of halogens is 1. The van der Waals surface area contributed by atoms with Crippen LogP contribution in [0.1, 0.15) is 5.56 Å². The standard InChI is InChI=1S/C15H10ClN3S2/c16-11-6-2-1-5-10(11)9-20-14-17-18-15-19(14)12-7-3-4-8-13(12)21-15/h1-8H,9H2. The number of thiazole rings is 1. The van der Waals surface area contributed by atoms with Crippen LogP contribution in [0, 0.1) is 0 Å². The summed E-state index contributed by atoms with van der Waals surface area (Å²) in [7, 11) is 0. The number of thioether (sulfide) groups is 1. The third kappa shape index (κ3) is 2.31. The number of hydrogen-bond donors (Lipinski definition) is 0. The SMILES string of the molecule is Clc1ccccc1CSc1nnc2sc3ccccc3n12. The Morgan fingerprint density at radius 2 is 1.86 bits per heavy atom. The first-order valence-electron chi connectivity index (χ1n) is 6.42. The monoisotopic (exact) mass is 331 g/mol. The summed E-state index contributed by atoms with van der Waals surface area (Å²) in [5, 5.41) is 10.3. The molecule has 0 saturated carbocycles. The van der Waals surface area contributed by atoms with Gasteiger partial charge in [-0.15, -0.1) is 10.2 Å². The second-order valence-electron chi connectivity index (χ2n) is 4.55. The quantitative estimate of drug-likeness (QED) is 0.501. The van der Waals surface area contributed by atoms with Crippen molar-refractivity contribution in [3.8, 4) is 0 Å². The van der Waals surface area contributed by atoms with Gasteiger partial charge in [0.05, 0.1) is 10.2 Å². The lowest BCUT2D eigenvalue weighted by molar-refractivity contribution is 0.940. The van der Waals surface area contributed by atoms with Crippen molar-refractivity contribution in [3.63, 3.8) is 0 Å². The van der Waals surface area contributed by atoms with Crippen molar-refractivity contribution in [2.24, 2.45) is 0 Å². The molecule has 3 nitrogen and oxygen atoms in total. The fraction of sp³-hybridized carbons (Fsp3) is 0.0667. The van der Waals surface area contributed by atoms with E-state index in [1.165, 1.54) is 4.70 Å². The maximum absolute atomic E-state index is 6.20. The van der Waals surface area contributed by atoms with Crippen LogP contribution in [0.2, 0.25) is 5.02 Å². The molecule has 0 unspecified atom stereocenters. The first-order valence-corrected chi connectivity index (χ1v) is 8.60. The fourth-order valence-electron chi connectivity index (χ4n) is 2.21. The molecule has 2 aromatic carbocycles. The highest BCUT2D eigenvalue weighted by Crippen LogP contribution is 2.31. The maximum atomic E-state index is 6.20. The minimum Gasteiger partial charge on any atom is -0.260 e. The summed E-state index contributed by atoms with van der Waals surface area (Å²) in [6.45, 7) is 0. The molecule has 0 bridgehead atoms. The average Bonchev–Trinajstić information content (AvgIpc) is 3.05. The molecule has 2 aromatic heterocycles. The number of nitrogens with zero attached hydrogens (tertiary/aromatic N) is 3. The van der Waals surface area contributed by atoms with Gasteiger partial charge in [0, 0.05) is 10.8 Å². The third-order valence-electron chi connectivity index (χ3n) is 3.23. The Kier molecular flexibility index (Phi) is 3.33. The molecule has 0 N–H and O–H groups in total. The lowest BCUT2D eigenvalue weighted by Crippen LogP contribution is -1.87. The van der Waals surface area contributed by atoms with Crippen LogP contribution >= 0.6 is 34.7 Å². The van der Waals surface area contributed by atoms with Crippen LogP contribution < -0.4 is 0 Å². The van der Waals surface area contributed by atoms with E-state index in [1.807, 2.05) is 36.4 Å². The predicted molar refractivity (Wildman–Crippen MR) is 89.4 cm³/mol. The van der Waals surface area contributed by atoms with Crippen molar-refractivity contribution in [1.29, 1.82) is 0 Å². The Labute approximate surface area is 134 Å². The smallest absolute Gasteiger partial charge is 0.217 e. The van der Waals surface area contributed by atoms with Gasteiger partial charge in [0.25, 0.3) is 0 Å². The summed E-state index contributed by atoms with van der Waals surface area (Å²) < 4.78 is 3.34. The molecular formula is C15H10ClN3S2. The summed E-state index contributed by atoms with van der Waals surface area (Å²) in [5.74, 6) is 0.782. The first kappa shape index (κ1) is 13.1. The molecule has 0 aliphatic heterocycles. The molecular weight excluding hydrogens is 322 g/mol. The molecule has 21 heavy (non-hydrogen) atoms. The molecule has 2 heterocycles. The molecule has 0 aliphatic rings. The van der Waals surface area contributed by atoms with Gasteiger partial charge in [-0.2, -0.15) is 0 Å². The Morgan fingerprint density at radius 3 is 2.76 bits per heavy atom. The van der Waals surface area contributed by atoms with Gasteiger partial charge in [-0.05, 0) is 23.8 Å². The van der Waals surface area contributed by atoms with Crippen LogP contribution in [0.3, 0.4) is 0 Å². The van der Waals surface area contributed by atoms with Gasteiger partial charge in [0.15, 0.2) is 5.16 Å². The summed E-state index contributed by atoms with van der Waals surface area (Å²) in [6, 6.07) is 16.2. The molecule has 4 rings (SSSR count). The van der Waals surface area contributed by atoms with E-state index in [-0.39, 0.29) is 0 Å². The predicted octanol–water partition coefficient (Wildman–Crippen LogP) is 4.89. The number of para-hydroxylation sites is 1. The molecule has 0 atom stereocenters. The lowest BCUT2D eigenvalue weighted by atomic mass is 10.2. The molecule has 0 amide bonds. The van der Waals surface area contributed by atoms with Crippen molar-refractivity contribution in [2.45, 2.75) is 10.9 Å². The minimum absolute atomic E-state index is 0.782. The zero-order valence-corrected chi connectivity index (χ0v) is 13.3. The number of rotatable bonds is 3. The highest BCUT2D eigenvalue weighted by Gasteiger charge is 2.12. The van der Waals surface area contributed by atoms with Gasteiger partial charge in [-0.3, -0.25) is 4.40 Å². The lowest BCUT2D eigenvalue weighted by Gasteiger charge is -2.02. The van der Waals surface area contributed by atoms with E-state index in [4.69, 9.17) is 11.6 Å². The van der Waals surface area contributed by atoms with Crippen molar-refractivity contribution in [3.05, 3.63) is 59.1 Å². The van der Waals surface area contributed by atoms with Crippen molar-refractivity contribution < 1.29 is 0 Å². The second-order valence-corrected chi connectivity index (χ2v) is 6.91. The van der Waals surface area contributed by atoms with Crippen molar-refractivity contribution in [2.75, 3.05) is 0 Å². The topological polar surface area (TPSA) is 30.2 Å². The summed E-state index contributed by atoms with van der Waals surface area (Å²) in [5.41, 5.74) is 2.27. The highest BCUT2D eigenvalue weighted by atomic mass is 35.5. The largest absolute Gasteiger partial charge is 0.260 e. The summed E-state index contributed by atoms with van der Waals surface area (Å²) in [6.07, 6.45) is 0. The van der Waals surface area contributed by atoms with Crippen molar-refractivity contribution >= 4 is 49.9 Å². The van der Waals surface area contributed by atoms with Crippen LogP contribution in [0.4, 0.5) is 0 Å². The van der Waals surface area contributed by atoms with Crippen LogP contribution in [-0.2, 0) is 5.75 Å². The Morgan fingerprint density at radius 1 is 1.05 bits per heavy atom. The molecule has 0 spiro atoms. The number of benzene rings is 2. The fourth-order valence-corrected chi connectivity index (χ4v) is 4.46. The van der Waals surface area contributed by atoms with E-state index in [1.54, 1.807) is 23.1 Å². The number of fused-ring (bicyclic) bond motifs is 3. The Hall–Kier alpha value is -1.56.